The number of aliphatic hydroxyl groups is 1. The van der Waals surface area contributed by atoms with E-state index in [-0.39, 0.29) is 11.3 Å². The number of carbonyl (C=O) groups is 3. The van der Waals surface area contributed by atoms with Crippen molar-refractivity contribution in [1.82, 2.24) is 15.1 Å². The Labute approximate surface area is 192 Å². The molecule has 0 fully saturated rings. The third kappa shape index (κ3) is 7.04. The van der Waals surface area contributed by atoms with Crippen LogP contribution in [0.2, 0.25) is 0 Å². The number of imide groups is 1. The predicted molar refractivity (Wildman–Crippen MR) is 111 cm³/mol. The van der Waals surface area contributed by atoms with Crippen LogP contribution >= 0.6 is 0 Å². The van der Waals surface area contributed by atoms with Gasteiger partial charge in [-0.3, -0.25) is 19.6 Å². The van der Waals surface area contributed by atoms with Gasteiger partial charge in [-0.15, -0.1) is 0 Å². The summed E-state index contributed by atoms with van der Waals surface area (Å²) in [7, 11) is 0. The number of hydrogen-bond acceptors (Lipinski definition) is 7. The van der Waals surface area contributed by atoms with Crippen molar-refractivity contribution in [3.63, 3.8) is 0 Å². The second-order valence-electron chi connectivity index (χ2n) is 8.48. The minimum atomic E-state index is -4.82. The van der Waals surface area contributed by atoms with Crippen LogP contribution in [0.4, 0.5) is 23.7 Å². The third-order valence-corrected chi connectivity index (χ3v) is 4.17. The Morgan fingerprint density at radius 3 is 2.41 bits per heavy atom. The number of amides is 3. The first-order chi connectivity index (χ1) is 15.5. The van der Waals surface area contributed by atoms with E-state index in [1.807, 2.05) is 5.32 Å². The molecule has 182 valence electrons. The topological polar surface area (TPSA) is 146 Å². The molecule has 13 heteroatoms. The first-order valence-electron chi connectivity index (χ1n) is 9.74. The maximum absolute atomic E-state index is 13.1. The lowest BCUT2D eigenvalue weighted by molar-refractivity contribution is -0.138. The van der Waals surface area contributed by atoms with Crippen molar-refractivity contribution in [2.45, 2.75) is 51.6 Å². The second-order valence-corrected chi connectivity index (χ2v) is 8.48. The van der Waals surface area contributed by atoms with E-state index in [0.29, 0.717) is 6.07 Å². The summed E-state index contributed by atoms with van der Waals surface area (Å²) in [6.07, 6.45) is -3.55. The van der Waals surface area contributed by atoms with Crippen molar-refractivity contribution in [2.24, 2.45) is 0 Å². The van der Waals surface area contributed by atoms with E-state index >= 15 is 0 Å². The summed E-state index contributed by atoms with van der Waals surface area (Å²) in [6, 6.07) is 4.00. The number of alkyl carbamates (subject to hydrolysis) is 1. The Morgan fingerprint density at radius 1 is 1.21 bits per heavy atom. The van der Waals surface area contributed by atoms with E-state index in [0.717, 1.165) is 36.1 Å². The van der Waals surface area contributed by atoms with Gasteiger partial charge in [-0.25, -0.2) is 4.79 Å². The summed E-state index contributed by atoms with van der Waals surface area (Å²) < 4.78 is 45.4. The molecule has 2 rings (SSSR count). The lowest BCUT2D eigenvalue weighted by Crippen LogP contribution is -2.44. The van der Waals surface area contributed by atoms with Crippen LogP contribution in [0, 0.1) is 11.3 Å². The van der Waals surface area contributed by atoms with E-state index in [9.17, 15) is 32.7 Å². The lowest BCUT2D eigenvalue weighted by atomic mass is 10.0. The van der Waals surface area contributed by atoms with E-state index in [4.69, 9.17) is 10.00 Å². The minimum absolute atomic E-state index is 0.0658. The number of alkyl halides is 3. The molecule has 1 heterocycles. The van der Waals surface area contributed by atoms with Gasteiger partial charge in [-0.1, -0.05) is 0 Å². The first-order valence-corrected chi connectivity index (χ1v) is 9.74. The molecule has 0 unspecified atom stereocenters. The minimum Gasteiger partial charge on any atom is -0.444 e. The Balaban J connectivity index is 2.09. The summed E-state index contributed by atoms with van der Waals surface area (Å²) in [5, 5.41) is 27.4. The molecule has 0 spiro atoms. The highest BCUT2D eigenvalue weighted by Crippen LogP contribution is 2.33. The van der Waals surface area contributed by atoms with Crippen LogP contribution in [0.15, 0.2) is 30.6 Å². The maximum atomic E-state index is 13.1. The standard InChI is InChI=1S/C21H22F3N5O5/c1-19(2,3)34-18(32)28-16(30)13-9-26-29(10-13)11-20(4,33)17(31)27-14-6-5-12(8-25)15(7-14)21(22,23)24/h5-7,9-10,33H,11H2,1-4H3,(H,27,31)(H,28,30,32)/t20-/m0/s1. The highest BCUT2D eigenvalue weighted by molar-refractivity contribution is 6.02. The van der Waals surface area contributed by atoms with Crippen LogP contribution in [0.25, 0.3) is 0 Å². The molecule has 0 bridgehead atoms. The average molecular weight is 481 g/mol. The molecule has 0 saturated carbocycles. The van der Waals surface area contributed by atoms with Gasteiger partial charge in [0.05, 0.1) is 35.5 Å². The number of halogens is 3. The molecule has 0 aliphatic heterocycles. The van der Waals surface area contributed by atoms with Crippen molar-refractivity contribution in [3.05, 3.63) is 47.3 Å². The molecule has 0 radical (unpaired) electrons. The molecule has 2 aromatic rings. The van der Waals surface area contributed by atoms with Gasteiger partial charge in [0.2, 0.25) is 0 Å². The molecular formula is C21H22F3N5O5. The molecule has 34 heavy (non-hydrogen) atoms. The van der Waals surface area contributed by atoms with Crippen LogP contribution in [0.5, 0.6) is 0 Å². The molecule has 0 aliphatic carbocycles. The number of benzene rings is 1. The van der Waals surface area contributed by atoms with Crippen LogP contribution in [-0.4, -0.2) is 44.0 Å². The van der Waals surface area contributed by atoms with Gasteiger partial charge in [0, 0.05) is 11.9 Å². The molecule has 0 saturated heterocycles. The fourth-order valence-electron chi connectivity index (χ4n) is 2.64. The largest absolute Gasteiger partial charge is 0.444 e. The molecule has 1 atom stereocenters. The number of rotatable bonds is 5. The summed E-state index contributed by atoms with van der Waals surface area (Å²) in [5.74, 6) is -1.89. The average Bonchev–Trinajstić information content (AvgIpc) is 3.13. The van der Waals surface area contributed by atoms with Gasteiger partial charge in [0.25, 0.3) is 11.8 Å². The highest BCUT2D eigenvalue weighted by atomic mass is 19.4. The molecule has 1 aromatic heterocycles. The number of nitrogens with zero attached hydrogens (tertiary/aromatic N) is 3. The van der Waals surface area contributed by atoms with Gasteiger partial charge in [-0.05, 0) is 45.9 Å². The summed E-state index contributed by atoms with van der Waals surface area (Å²) in [4.78, 5) is 36.3. The van der Waals surface area contributed by atoms with Crippen LogP contribution < -0.4 is 10.6 Å². The van der Waals surface area contributed by atoms with Gasteiger partial charge in [0.15, 0.2) is 5.60 Å². The molecule has 10 nitrogen and oxygen atoms in total. The van der Waals surface area contributed by atoms with Crippen molar-refractivity contribution in [3.8, 4) is 6.07 Å². The number of nitrogens with one attached hydrogen (secondary N) is 2. The molecule has 1 aromatic carbocycles. The van der Waals surface area contributed by atoms with E-state index < -0.39 is 53.0 Å². The highest BCUT2D eigenvalue weighted by Gasteiger charge is 2.35. The van der Waals surface area contributed by atoms with Crippen LogP contribution in [0.1, 0.15) is 49.2 Å². The first kappa shape index (κ1) is 26.3. The summed E-state index contributed by atoms with van der Waals surface area (Å²) in [5.41, 5.74) is -5.18. The summed E-state index contributed by atoms with van der Waals surface area (Å²) >= 11 is 0. The van der Waals surface area contributed by atoms with E-state index in [2.05, 4.69) is 10.4 Å². The zero-order valence-corrected chi connectivity index (χ0v) is 18.6. The number of anilines is 1. The lowest BCUT2D eigenvalue weighted by Gasteiger charge is -2.22. The zero-order valence-electron chi connectivity index (χ0n) is 18.6. The number of hydrogen-bond donors (Lipinski definition) is 3. The fourth-order valence-corrected chi connectivity index (χ4v) is 2.64. The Hall–Kier alpha value is -3.92. The Bertz CT molecular complexity index is 1140. The van der Waals surface area contributed by atoms with Crippen molar-refractivity contribution >= 4 is 23.6 Å². The molecular weight excluding hydrogens is 459 g/mol. The number of carbonyl (C=O) groups excluding carboxylic acids is 3. The second kappa shape index (κ2) is 9.52. The van der Waals surface area contributed by atoms with Gasteiger partial charge < -0.3 is 15.2 Å². The maximum Gasteiger partial charge on any atom is 0.417 e. The van der Waals surface area contributed by atoms with Crippen molar-refractivity contribution in [1.29, 1.82) is 5.26 Å². The van der Waals surface area contributed by atoms with Gasteiger partial charge in [0.1, 0.15) is 5.60 Å². The predicted octanol–water partition coefficient (Wildman–Crippen LogP) is 2.83. The number of nitriles is 1. The van der Waals surface area contributed by atoms with Gasteiger partial charge >= 0.3 is 12.3 Å². The number of ether oxygens (including phenoxy) is 1. The summed E-state index contributed by atoms with van der Waals surface area (Å²) in [6.45, 7) is 5.47. The van der Waals surface area contributed by atoms with Crippen molar-refractivity contribution in [2.75, 3.05) is 5.32 Å². The number of aromatic nitrogens is 2. The third-order valence-electron chi connectivity index (χ3n) is 4.17. The monoisotopic (exact) mass is 481 g/mol. The van der Waals surface area contributed by atoms with Crippen molar-refractivity contribution < 1.29 is 37.4 Å². The quantitative estimate of drug-likeness (QED) is 0.595. The van der Waals surface area contributed by atoms with E-state index in [1.54, 1.807) is 20.8 Å². The van der Waals surface area contributed by atoms with Crippen LogP contribution in [0.3, 0.4) is 0 Å². The fraction of sp³-hybridized carbons (Fsp3) is 0.381. The molecule has 3 N–H and O–H groups in total. The van der Waals surface area contributed by atoms with Gasteiger partial charge in [-0.2, -0.15) is 23.5 Å². The SMILES string of the molecule is CC(C)(C)OC(=O)NC(=O)c1cnn(C[C@](C)(O)C(=O)Nc2ccc(C#N)c(C(F)(F)F)c2)c1. The van der Waals surface area contributed by atoms with Crippen LogP contribution in [-0.2, 0) is 22.3 Å². The molecule has 3 amide bonds. The smallest absolute Gasteiger partial charge is 0.417 e. The molecule has 0 aliphatic rings. The normalized spacial score (nSPS) is 13.4. The Kier molecular flexibility index (Phi) is 7.37. The van der Waals surface area contributed by atoms with E-state index in [1.165, 1.54) is 6.07 Å². The zero-order chi connectivity index (χ0) is 25.9. The Morgan fingerprint density at radius 2 is 1.85 bits per heavy atom.